The van der Waals surface area contributed by atoms with Crippen LogP contribution in [0.3, 0.4) is 0 Å². The predicted octanol–water partition coefficient (Wildman–Crippen LogP) is 2.98. The summed E-state index contributed by atoms with van der Waals surface area (Å²) in [5.41, 5.74) is 0.607. The first-order valence-corrected chi connectivity index (χ1v) is 5.35. The van der Waals surface area contributed by atoms with Gasteiger partial charge in [0.2, 0.25) is 0 Å². The molecule has 0 amide bonds. The number of hydrogen-bond donors (Lipinski definition) is 1. The minimum absolute atomic E-state index is 0.607. The van der Waals surface area contributed by atoms with Crippen LogP contribution in [0.1, 0.15) is 11.7 Å². The highest BCUT2D eigenvalue weighted by molar-refractivity contribution is 9.13. The van der Waals surface area contributed by atoms with Gasteiger partial charge in [0, 0.05) is 16.1 Å². The molecule has 1 aromatic carbocycles. The molecule has 14 heavy (non-hydrogen) atoms. The topological polar surface area (TPSA) is 46.5 Å². The molecule has 0 saturated heterocycles. The van der Waals surface area contributed by atoms with Gasteiger partial charge in [-0.25, -0.2) is 4.79 Å². The number of carboxylic acids is 1. The summed E-state index contributed by atoms with van der Waals surface area (Å²) >= 11 is 6.60. The van der Waals surface area contributed by atoms with E-state index in [9.17, 15) is 4.79 Å². The molecular formula is C9H8Br2O3. The fourth-order valence-corrected chi connectivity index (χ4v) is 1.70. The lowest BCUT2D eigenvalue weighted by atomic mass is 10.1. The quantitative estimate of drug-likeness (QED) is 0.930. The maximum absolute atomic E-state index is 10.8. The Kier molecular flexibility index (Phi) is 4.10. The van der Waals surface area contributed by atoms with Crippen molar-refractivity contribution in [2.75, 3.05) is 7.11 Å². The van der Waals surface area contributed by atoms with Gasteiger partial charge in [0.15, 0.2) is 6.10 Å². The molecule has 1 atom stereocenters. The predicted molar refractivity (Wildman–Crippen MR) is 59.2 cm³/mol. The maximum Gasteiger partial charge on any atom is 0.337 e. The van der Waals surface area contributed by atoms with E-state index in [0.29, 0.717) is 5.56 Å². The fourth-order valence-electron chi connectivity index (χ4n) is 1.05. The van der Waals surface area contributed by atoms with Crippen molar-refractivity contribution < 1.29 is 14.6 Å². The summed E-state index contributed by atoms with van der Waals surface area (Å²) in [5, 5.41) is 8.83. The minimum Gasteiger partial charge on any atom is -0.479 e. The molecule has 0 heterocycles. The number of benzene rings is 1. The van der Waals surface area contributed by atoms with Crippen molar-refractivity contribution in [2.24, 2.45) is 0 Å². The van der Waals surface area contributed by atoms with Gasteiger partial charge in [-0.15, -0.1) is 0 Å². The van der Waals surface area contributed by atoms with Gasteiger partial charge in [0.1, 0.15) is 0 Å². The highest BCUT2D eigenvalue weighted by Crippen LogP contribution is 2.27. The van der Waals surface area contributed by atoms with Crippen LogP contribution in [0.4, 0.5) is 0 Å². The van der Waals surface area contributed by atoms with E-state index in [4.69, 9.17) is 9.84 Å². The largest absolute Gasteiger partial charge is 0.479 e. The third kappa shape index (κ3) is 2.56. The molecular weight excluding hydrogens is 316 g/mol. The molecule has 0 aliphatic heterocycles. The molecule has 1 unspecified atom stereocenters. The van der Waals surface area contributed by atoms with Crippen LogP contribution >= 0.6 is 31.9 Å². The molecule has 0 radical (unpaired) electrons. The molecule has 5 heteroatoms. The van der Waals surface area contributed by atoms with Crippen molar-refractivity contribution in [2.45, 2.75) is 6.10 Å². The normalized spacial score (nSPS) is 12.5. The molecule has 3 nitrogen and oxygen atoms in total. The number of ether oxygens (including phenoxy) is 1. The van der Waals surface area contributed by atoms with E-state index < -0.39 is 12.1 Å². The molecule has 0 spiro atoms. The van der Waals surface area contributed by atoms with Crippen LogP contribution in [0.5, 0.6) is 0 Å². The highest BCUT2D eigenvalue weighted by atomic mass is 79.9. The summed E-state index contributed by atoms with van der Waals surface area (Å²) in [4.78, 5) is 10.8. The van der Waals surface area contributed by atoms with Crippen molar-refractivity contribution in [1.29, 1.82) is 0 Å². The summed E-state index contributed by atoms with van der Waals surface area (Å²) in [5.74, 6) is -0.998. The van der Waals surface area contributed by atoms with Crippen LogP contribution in [0.15, 0.2) is 27.1 Å². The SMILES string of the molecule is COC(C(=O)O)c1ccc(Br)c(Br)c1. The zero-order chi connectivity index (χ0) is 10.7. The molecule has 0 aliphatic rings. The summed E-state index contributed by atoms with van der Waals surface area (Å²) in [6, 6.07) is 5.19. The lowest BCUT2D eigenvalue weighted by Gasteiger charge is -2.11. The van der Waals surface area contributed by atoms with Crippen molar-refractivity contribution in [3.8, 4) is 0 Å². The number of carboxylic acid groups (broad SMARTS) is 1. The average molecular weight is 324 g/mol. The fraction of sp³-hybridized carbons (Fsp3) is 0.222. The van der Waals surface area contributed by atoms with E-state index in [-0.39, 0.29) is 0 Å². The molecule has 0 fully saturated rings. The number of halogens is 2. The van der Waals surface area contributed by atoms with Crippen LogP contribution in [-0.2, 0) is 9.53 Å². The maximum atomic E-state index is 10.8. The Morgan fingerprint density at radius 3 is 2.50 bits per heavy atom. The van der Waals surface area contributed by atoms with Gasteiger partial charge in [-0.2, -0.15) is 0 Å². The summed E-state index contributed by atoms with van der Waals surface area (Å²) in [6.07, 6.45) is -0.917. The van der Waals surface area contributed by atoms with Crippen LogP contribution in [-0.4, -0.2) is 18.2 Å². The Labute approximate surface area is 98.3 Å². The van der Waals surface area contributed by atoms with Gasteiger partial charge in [-0.3, -0.25) is 0 Å². The number of rotatable bonds is 3. The van der Waals surface area contributed by atoms with E-state index in [1.165, 1.54) is 7.11 Å². The van der Waals surface area contributed by atoms with Gasteiger partial charge in [-0.05, 0) is 49.6 Å². The second kappa shape index (κ2) is 4.91. The first kappa shape index (κ1) is 11.7. The first-order valence-electron chi connectivity index (χ1n) is 3.77. The van der Waals surface area contributed by atoms with Crippen LogP contribution in [0.25, 0.3) is 0 Å². The molecule has 0 bridgehead atoms. The zero-order valence-electron chi connectivity index (χ0n) is 7.33. The Morgan fingerprint density at radius 1 is 1.43 bits per heavy atom. The lowest BCUT2D eigenvalue weighted by Crippen LogP contribution is -2.13. The lowest BCUT2D eigenvalue weighted by molar-refractivity contribution is -0.148. The van der Waals surface area contributed by atoms with Gasteiger partial charge >= 0.3 is 5.97 Å². The Hall–Kier alpha value is -0.390. The molecule has 0 aromatic heterocycles. The third-order valence-corrected chi connectivity index (χ3v) is 3.59. The molecule has 1 rings (SSSR count). The van der Waals surface area contributed by atoms with Crippen molar-refractivity contribution in [3.05, 3.63) is 32.7 Å². The van der Waals surface area contributed by atoms with Crippen molar-refractivity contribution in [1.82, 2.24) is 0 Å². The van der Waals surface area contributed by atoms with Gasteiger partial charge in [0.25, 0.3) is 0 Å². The Balaban J connectivity index is 3.06. The van der Waals surface area contributed by atoms with E-state index in [1.54, 1.807) is 18.2 Å². The van der Waals surface area contributed by atoms with Crippen LogP contribution < -0.4 is 0 Å². The molecule has 0 aliphatic carbocycles. The number of aliphatic carboxylic acids is 1. The molecule has 0 saturated carbocycles. The van der Waals surface area contributed by atoms with Crippen LogP contribution in [0.2, 0.25) is 0 Å². The van der Waals surface area contributed by atoms with E-state index in [2.05, 4.69) is 31.9 Å². The van der Waals surface area contributed by atoms with Gasteiger partial charge < -0.3 is 9.84 Å². The summed E-state index contributed by atoms with van der Waals surface area (Å²) in [7, 11) is 1.37. The minimum atomic E-state index is -0.998. The molecule has 1 N–H and O–H groups in total. The summed E-state index contributed by atoms with van der Waals surface area (Å²) in [6.45, 7) is 0. The number of methoxy groups -OCH3 is 1. The smallest absolute Gasteiger partial charge is 0.337 e. The second-order valence-electron chi connectivity index (χ2n) is 2.63. The van der Waals surface area contributed by atoms with E-state index in [1.807, 2.05) is 0 Å². The van der Waals surface area contributed by atoms with Gasteiger partial charge in [-0.1, -0.05) is 6.07 Å². The summed E-state index contributed by atoms with van der Waals surface area (Å²) < 4.78 is 6.54. The Morgan fingerprint density at radius 2 is 2.07 bits per heavy atom. The number of carbonyl (C=O) groups is 1. The van der Waals surface area contributed by atoms with Gasteiger partial charge in [0.05, 0.1) is 0 Å². The first-order chi connectivity index (χ1) is 6.56. The monoisotopic (exact) mass is 322 g/mol. The third-order valence-electron chi connectivity index (χ3n) is 1.71. The van der Waals surface area contributed by atoms with Crippen molar-refractivity contribution in [3.63, 3.8) is 0 Å². The van der Waals surface area contributed by atoms with E-state index in [0.717, 1.165) is 8.95 Å². The average Bonchev–Trinajstić information content (AvgIpc) is 2.11. The highest BCUT2D eigenvalue weighted by Gasteiger charge is 2.19. The Bertz CT molecular complexity index is 352. The van der Waals surface area contributed by atoms with Crippen molar-refractivity contribution >= 4 is 37.8 Å². The second-order valence-corrected chi connectivity index (χ2v) is 4.34. The standard InChI is InChI=1S/C9H8Br2O3/c1-14-8(9(12)13)5-2-3-6(10)7(11)4-5/h2-4,8H,1H3,(H,12,13). The zero-order valence-corrected chi connectivity index (χ0v) is 10.5. The van der Waals surface area contributed by atoms with E-state index >= 15 is 0 Å². The molecule has 76 valence electrons. The molecule has 1 aromatic rings. The van der Waals surface area contributed by atoms with Crippen LogP contribution in [0, 0.1) is 0 Å². The number of hydrogen-bond acceptors (Lipinski definition) is 2.